The van der Waals surface area contributed by atoms with Crippen LogP contribution in [0, 0.1) is 0 Å². The number of alkyl halides is 3. The van der Waals surface area contributed by atoms with Gasteiger partial charge in [0.15, 0.2) is 0 Å². The summed E-state index contributed by atoms with van der Waals surface area (Å²) in [6.07, 6.45) is 2.27. The zero-order valence-electron chi connectivity index (χ0n) is 8.67. The van der Waals surface area contributed by atoms with E-state index < -0.39 is 9.39 Å². The third-order valence-corrected chi connectivity index (χ3v) is 4.30. The summed E-state index contributed by atoms with van der Waals surface area (Å²) < 4.78 is -1.63. The summed E-state index contributed by atoms with van der Waals surface area (Å²) in [6.45, 7) is 0. The monoisotopic (exact) mass is 278 g/mol. The Labute approximate surface area is 110 Å². The molecule has 1 aliphatic carbocycles. The second kappa shape index (κ2) is 4.38. The number of halogens is 3. The van der Waals surface area contributed by atoms with Gasteiger partial charge in [-0.2, -0.15) is 0 Å². The topological polar surface area (TPSA) is 20.2 Å². The Morgan fingerprint density at radius 2 is 1.81 bits per heavy atom. The van der Waals surface area contributed by atoms with Crippen LogP contribution >= 0.6 is 34.8 Å². The van der Waals surface area contributed by atoms with Gasteiger partial charge in [-0.3, -0.25) is 0 Å². The van der Waals surface area contributed by atoms with Crippen LogP contribution in [0.15, 0.2) is 30.3 Å². The van der Waals surface area contributed by atoms with Gasteiger partial charge in [0, 0.05) is 5.92 Å². The van der Waals surface area contributed by atoms with Gasteiger partial charge in [0.05, 0.1) is 0 Å². The molecule has 0 heterocycles. The van der Waals surface area contributed by atoms with Crippen LogP contribution in [0.3, 0.4) is 0 Å². The smallest absolute Gasteiger partial charge is 0.219 e. The first-order valence-electron chi connectivity index (χ1n) is 5.29. The number of aliphatic hydroxyl groups is 1. The Balaban J connectivity index is 2.35. The van der Waals surface area contributed by atoms with E-state index in [0.29, 0.717) is 6.42 Å². The fourth-order valence-electron chi connectivity index (χ4n) is 2.46. The predicted molar refractivity (Wildman–Crippen MR) is 68.3 cm³/mol. The molecular formula is C12H13Cl3O. The van der Waals surface area contributed by atoms with Gasteiger partial charge < -0.3 is 5.11 Å². The standard InChI is InChI=1S/C12H13Cl3O/c13-12(14,15)11(16)8-4-7-10(11)9-5-2-1-3-6-9/h1-3,5-6,10,16H,4,7-8H2/t10-,11-/m0/s1. The quantitative estimate of drug-likeness (QED) is 0.769. The van der Waals surface area contributed by atoms with E-state index in [4.69, 9.17) is 34.8 Å². The molecule has 0 amide bonds. The van der Waals surface area contributed by atoms with Crippen molar-refractivity contribution in [1.82, 2.24) is 0 Å². The number of hydrogen-bond acceptors (Lipinski definition) is 1. The minimum absolute atomic E-state index is 0.0961. The molecule has 1 nitrogen and oxygen atoms in total. The fourth-order valence-corrected chi connectivity index (χ4v) is 3.13. The van der Waals surface area contributed by atoms with E-state index in [-0.39, 0.29) is 5.92 Å². The number of hydrogen-bond donors (Lipinski definition) is 1. The third kappa shape index (κ3) is 2.06. The summed E-state index contributed by atoms with van der Waals surface area (Å²) in [5.74, 6) is -0.0961. The first kappa shape index (κ1) is 12.5. The molecule has 1 aromatic rings. The molecule has 4 heteroatoms. The van der Waals surface area contributed by atoms with Crippen LogP contribution in [0.2, 0.25) is 0 Å². The van der Waals surface area contributed by atoms with E-state index in [2.05, 4.69) is 0 Å². The normalized spacial score (nSPS) is 30.6. The van der Waals surface area contributed by atoms with Crippen molar-refractivity contribution < 1.29 is 5.11 Å². The first-order valence-corrected chi connectivity index (χ1v) is 6.42. The molecule has 0 aromatic heterocycles. The SMILES string of the molecule is O[C@@]1(C(Cl)(Cl)Cl)CCC[C@H]1c1ccccc1. The Morgan fingerprint density at radius 1 is 1.19 bits per heavy atom. The van der Waals surface area contributed by atoms with E-state index in [1.165, 1.54) is 0 Å². The van der Waals surface area contributed by atoms with Gasteiger partial charge in [0.1, 0.15) is 5.60 Å². The predicted octanol–water partition coefficient (Wildman–Crippen LogP) is 4.06. The molecular weight excluding hydrogens is 266 g/mol. The molecule has 1 fully saturated rings. The summed E-state index contributed by atoms with van der Waals surface area (Å²) in [7, 11) is 0. The maximum absolute atomic E-state index is 10.5. The van der Waals surface area contributed by atoms with Crippen molar-refractivity contribution >= 4 is 34.8 Å². The first-order chi connectivity index (χ1) is 7.45. The molecule has 1 N–H and O–H groups in total. The minimum Gasteiger partial charge on any atom is -0.385 e. The Kier molecular flexibility index (Phi) is 3.42. The molecule has 16 heavy (non-hydrogen) atoms. The van der Waals surface area contributed by atoms with E-state index in [0.717, 1.165) is 18.4 Å². The van der Waals surface area contributed by atoms with Gasteiger partial charge in [0.2, 0.25) is 3.79 Å². The van der Waals surface area contributed by atoms with E-state index in [1.807, 2.05) is 30.3 Å². The number of rotatable bonds is 1. The van der Waals surface area contributed by atoms with Gasteiger partial charge in [-0.1, -0.05) is 65.1 Å². The maximum atomic E-state index is 10.5. The fraction of sp³-hybridized carbons (Fsp3) is 0.500. The van der Waals surface area contributed by atoms with Gasteiger partial charge in [-0.05, 0) is 24.8 Å². The molecule has 88 valence electrons. The average molecular weight is 280 g/mol. The molecule has 0 bridgehead atoms. The van der Waals surface area contributed by atoms with Crippen molar-refractivity contribution in [2.75, 3.05) is 0 Å². The molecule has 0 aliphatic heterocycles. The molecule has 1 saturated carbocycles. The molecule has 2 rings (SSSR count). The van der Waals surface area contributed by atoms with Crippen LogP contribution in [-0.2, 0) is 0 Å². The maximum Gasteiger partial charge on any atom is 0.219 e. The molecule has 0 radical (unpaired) electrons. The van der Waals surface area contributed by atoms with Crippen molar-refractivity contribution in [3.63, 3.8) is 0 Å². The Hall–Kier alpha value is 0.0500. The molecule has 0 saturated heterocycles. The average Bonchev–Trinajstić information content (AvgIpc) is 2.62. The lowest BCUT2D eigenvalue weighted by Gasteiger charge is -2.36. The van der Waals surface area contributed by atoms with E-state index in [9.17, 15) is 5.11 Å². The van der Waals surface area contributed by atoms with Gasteiger partial charge in [-0.15, -0.1) is 0 Å². The zero-order chi connectivity index (χ0) is 11.8. The zero-order valence-corrected chi connectivity index (χ0v) is 10.9. The Morgan fingerprint density at radius 3 is 2.38 bits per heavy atom. The van der Waals surface area contributed by atoms with Crippen LogP contribution < -0.4 is 0 Å². The van der Waals surface area contributed by atoms with Gasteiger partial charge in [-0.25, -0.2) is 0 Å². The lowest BCUT2D eigenvalue weighted by atomic mass is 9.86. The lowest BCUT2D eigenvalue weighted by molar-refractivity contribution is 0.0337. The van der Waals surface area contributed by atoms with Gasteiger partial charge >= 0.3 is 0 Å². The molecule has 1 aromatic carbocycles. The van der Waals surface area contributed by atoms with Crippen molar-refractivity contribution in [2.24, 2.45) is 0 Å². The summed E-state index contributed by atoms with van der Waals surface area (Å²) >= 11 is 17.7. The van der Waals surface area contributed by atoms with Crippen LogP contribution in [0.4, 0.5) is 0 Å². The number of benzene rings is 1. The third-order valence-electron chi connectivity index (χ3n) is 3.32. The highest BCUT2D eigenvalue weighted by Crippen LogP contribution is 2.54. The van der Waals surface area contributed by atoms with Crippen molar-refractivity contribution in [3.05, 3.63) is 35.9 Å². The summed E-state index contributed by atoms with van der Waals surface area (Å²) in [5, 5.41) is 10.5. The van der Waals surface area contributed by atoms with Crippen molar-refractivity contribution in [3.8, 4) is 0 Å². The largest absolute Gasteiger partial charge is 0.385 e. The molecule has 0 spiro atoms. The summed E-state index contributed by atoms with van der Waals surface area (Å²) in [6, 6.07) is 9.75. The highest BCUT2D eigenvalue weighted by atomic mass is 35.6. The van der Waals surface area contributed by atoms with E-state index >= 15 is 0 Å². The molecule has 2 atom stereocenters. The van der Waals surface area contributed by atoms with E-state index in [1.54, 1.807) is 0 Å². The molecule has 1 aliphatic rings. The minimum atomic E-state index is -1.63. The van der Waals surface area contributed by atoms with Crippen molar-refractivity contribution in [1.29, 1.82) is 0 Å². The van der Waals surface area contributed by atoms with Crippen molar-refractivity contribution in [2.45, 2.75) is 34.6 Å². The highest BCUT2D eigenvalue weighted by Gasteiger charge is 2.55. The summed E-state index contributed by atoms with van der Waals surface area (Å²) in [4.78, 5) is 0. The lowest BCUT2D eigenvalue weighted by Crippen LogP contribution is -2.44. The van der Waals surface area contributed by atoms with Crippen LogP contribution in [0.1, 0.15) is 30.7 Å². The highest BCUT2D eigenvalue weighted by molar-refractivity contribution is 6.68. The van der Waals surface area contributed by atoms with Crippen LogP contribution in [0.5, 0.6) is 0 Å². The second-order valence-corrected chi connectivity index (χ2v) is 6.56. The summed E-state index contributed by atoms with van der Waals surface area (Å²) in [5.41, 5.74) is -0.215. The van der Waals surface area contributed by atoms with Gasteiger partial charge in [0.25, 0.3) is 0 Å². The second-order valence-electron chi connectivity index (χ2n) is 4.28. The Bertz CT molecular complexity index is 360. The van der Waals surface area contributed by atoms with Crippen LogP contribution in [0.25, 0.3) is 0 Å². The molecule has 0 unspecified atom stereocenters. The van der Waals surface area contributed by atoms with Crippen LogP contribution in [-0.4, -0.2) is 14.5 Å².